The molecular weight excluding hydrogens is 406 g/mol. The van der Waals surface area contributed by atoms with E-state index in [2.05, 4.69) is 38.3 Å². The maximum absolute atomic E-state index is 5.02. The summed E-state index contributed by atoms with van der Waals surface area (Å²) < 4.78 is 0. The van der Waals surface area contributed by atoms with Gasteiger partial charge in [-0.05, 0) is 114 Å². The van der Waals surface area contributed by atoms with Gasteiger partial charge in [-0.25, -0.2) is 4.98 Å². The van der Waals surface area contributed by atoms with Crippen LogP contribution in [0.1, 0.15) is 88.7 Å². The lowest BCUT2D eigenvalue weighted by atomic mass is 9.70. The maximum atomic E-state index is 5.02. The third-order valence-corrected chi connectivity index (χ3v) is 10.1. The van der Waals surface area contributed by atoms with Crippen LogP contribution < -0.4 is 10.2 Å². The molecule has 5 aliphatic rings. The molecule has 33 heavy (non-hydrogen) atoms. The van der Waals surface area contributed by atoms with Crippen molar-refractivity contribution in [2.24, 2.45) is 5.41 Å². The van der Waals surface area contributed by atoms with E-state index in [1.165, 1.54) is 134 Å². The highest BCUT2D eigenvalue weighted by molar-refractivity contribution is 5.40. The van der Waals surface area contributed by atoms with Gasteiger partial charge in [0.1, 0.15) is 5.82 Å². The Morgan fingerprint density at radius 1 is 0.758 bits per heavy atom. The Balaban J connectivity index is 1.05. The van der Waals surface area contributed by atoms with E-state index in [1.54, 1.807) is 0 Å². The topological polar surface area (TPSA) is 34.6 Å². The van der Waals surface area contributed by atoms with Gasteiger partial charge in [-0.2, -0.15) is 0 Å². The predicted molar refractivity (Wildman–Crippen MR) is 136 cm³/mol. The summed E-state index contributed by atoms with van der Waals surface area (Å²) in [5, 5.41) is 3.54. The largest absolute Gasteiger partial charge is 0.357 e. The fourth-order valence-electron chi connectivity index (χ4n) is 7.49. The SMILES string of the molecule is c1cc(N2CCC3(CC2)CCN(C2CCC2)CC3)ncc1[C@H]1CCCCN1C1CCNCC1. The zero-order valence-corrected chi connectivity index (χ0v) is 20.7. The van der Waals surface area contributed by atoms with Gasteiger partial charge in [0.2, 0.25) is 0 Å². The first-order valence-electron chi connectivity index (χ1n) is 14.2. The number of hydrogen-bond acceptors (Lipinski definition) is 5. The van der Waals surface area contributed by atoms with Crippen LogP contribution in [0.3, 0.4) is 0 Å². The van der Waals surface area contributed by atoms with Gasteiger partial charge in [0.05, 0.1) is 0 Å². The smallest absolute Gasteiger partial charge is 0.128 e. The number of anilines is 1. The van der Waals surface area contributed by atoms with Gasteiger partial charge < -0.3 is 15.1 Å². The number of nitrogens with zero attached hydrogens (tertiary/aromatic N) is 4. The molecular formula is C28H45N5. The molecule has 1 N–H and O–H groups in total. The average molecular weight is 452 g/mol. The lowest BCUT2D eigenvalue weighted by molar-refractivity contribution is 0.0305. The molecule has 0 bridgehead atoms. The number of piperidine rings is 4. The van der Waals surface area contributed by atoms with E-state index in [9.17, 15) is 0 Å². The van der Waals surface area contributed by atoms with Crippen LogP contribution in [0.5, 0.6) is 0 Å². The Bertz CT molecular complexity index is 751. The van der Waals surface area contributed by atoms with Crippen LogP contribution in [0.4, 0.5) is 5.82 Å². The highest BCUT2D eigenvalue weighted by atomic mass is 15.2. The maximum Gasteiger partial charge on any atom is 0.128 e. The van der Waals surface area contributed by atoms with Crippen molar-refractivity contribution in [1.29, 1.82) is 0 Å². The molecule has 0 amide bonds. The van der Waals surface area contributed by atoms with Crippen LogP contribution in [-0.4, -0.2) is 72.7 Å². The number of pyridine rings is 1. The van der Waals surface area contributed by atoms with Crippen molar-refractivity contribution in [3.8, 4) is 0 Å². The van der Waals surface area contributed by atoms with Crippen molar-refractivity contribution >= 4 is 5.82 Å². The van der Waals surface area contributed by atoms with Crippen LogP contribution in [0.2, 0.25) is 0 Å². The van der Waals surface area contributed by atoms with E-state index >= 15 is 0 Å². The first kappa shape index (κ1) is 22.3. The van der Waals surface area contributed by atoms with Crippen molar-refractivity contribution in [2.75, 3.05) is 50.7 Å². The second-order valence-corrected chi connectivity index (χ2v) is 11.8. The summed E-state index contributed by atoms with van der Waals surface area (Å²) in [6, 6.07) is 7.01. The number of hydrogen-bond donors (Lipinski definition) is 1. The molecule has 4 aliphatic heterocycles. The quantitative estimate of drug-likeness (QED) is 0.724. The minimum absolute atomic E-state index is 0.578. The van der Waals surface area contributed by atoms with Gasteiger partial charge >= 0.3 is 0 Å². The van der Waals surface area contributed by atoms with E-state index in [-0.39, 0.29) is 0 Å². The van der Waals surface area contributed by atoms with E-state index < -0.39 is 0 Å². The minimum atomic E-state index is 0.578. The molecule has 0 unspecified atom stereocenters. The highest BCUT2D eigenvalue weighted by Crippen LogP contribution is 2.43. The number of likely N-dealkylation sites (tertiary alicyclic amines) is 2. The average Bonchev–Trinajstić information content (AvgIpc) is 2.86. The number of nitrogens with one attached hydrogen (secondary N) is 1. The second-order valence-electron chi connectivity index (χ2n) is 11.8. The van der Waals surface area contributed by atoms with Crippen molar-refractivity contribution < 1.29 is 0 Å². The molecule has 6 rings (SSSR count). The fraction of sp³-hybridized carbons (Fsp3) is 0.821. The third-order valence-electron chi connectivity index (χ3n) is 10.1. The molecule has 5 heterocycles. The Morgan fingerprint density at radius 3 is 2.18 bits per heavy atom. The van der Waals surface area contributed by atoms with Crippen molar-refractivity contribution in [1.82, 2.24) is 20.1 Å². The molecule has 1 atom stereocenters. The van der Waals surface area contributed by atoms with Crippen LogP contribution in [0, 0.1) is 5.41 Å². The summed E-state index contributed by atoms with van der Waals surface area (Å²) in [7, 11) is 0. The molecule has 1 saturated carbocycles. The van der Waals surface area contributed by atoms with E-state index in [4.69, 9.17) is 4.98 Å². The monoisotopic (exact) mass is 451 g/mol. The summed E-state index contributed by atoms with van der Waals surface area (Å²) in [4.78, 5) is 13.2. The highest BCUT2D eigenvalue weighted by Gasteiger charge is 2.40. The van der Waals surface area contributed by atoms with E-state index in [0.29, 0.717) is 11.5 Å². The number of rotatable bonds is 4. The van der Waals surface area contributed by atoms with Gasteiger partial charge in [0.25, 0.3) is 0 Å². The Hall–Kier alpha value is -1.17. The van der Waals surface area contributed by atoms with Crippen LogP contribution >= 0.6 is 0 Å². The third kappa shape index (κ3) is 4.70. The summed E-state index contributed by atoms with van der Waals surface area (Å²) in [5.74, 6) is 1.21. The first-order chi connectivity index (χ1) is 16.3. The molecule has 1 aromatic heterocycles. The molecule has 182 valence electrons. The standard InChI is InChI=1S/C28H45N5/c1-2-17-33(25-9-15-29-16-10-25)26(6-1)23-7-8-27(30-22-23)32-20-13-28(14-21-32)11-18-31(19-12-28)24-4-3-5-24/h7-8,22,24-26,29H,1-6,9-21H2/t26-/m1/s1. The van der Waals surface area contributed by atoms with Crippen molar-refractivity contribution in [2.45, 2.75) is 95.2 Å². The van der Waals surface area contributed by atoms with Gasteiger partial charge in [0, 0.05) is 37.4 Å². The predicted octanol–water partition coefficient (Wildman–Crippen LogP) is 4.60. The van der Waals surface area contributed by atoms with E-state index in [1.807, 2.05) is 0 Å². The zero-order chi connectivity index (χ0) is 22.1. The fourth-order valence-corrected chi connectivity index (χ4v) is 7.49. The molecule has 1 aliphatic carbocycles. The second kappa shape index (κ2) is 9.83. The molecule has 0 aromatic carbocycles. The summed E-state index contributed by atoms with van der Waals surface area (Å²) >= 11 is 0. The Labute approximate surface area is 201 Å². The Kier molecular flexibility index (Phi) is 6.64. The molecule has 5 heteroatoms. The lowest BCUT2D eigenvalue weighted by Gasteiger charge is -2.50. The van der Waals surface area contributed by atoms with Gasteiger partial charge in [-0.15, -0.1) is 0 Å². The summed E-state index contributed by atoms with van der Waals surface area (Å²) in [6.45, 7) is 8.73. The normalized spacial score (nSPS) is 30.4. The van der Waals surface area contributed by atoms with Crippen LogP contribution in [0.25, 0.3) is 0 Å². The molecule has 4 saturated heterocycles. The van der Waals surface area contributed by atoms with Crippen LogP contribution in [0.15, 0.2) is 18.3 Å². The van der Waals surface area contributed by atoms with Gasteiger partial charge in [-0.1, -0.05) is 18.9 Å². The van der Waals surface area contributed by atoms with Crippen molar-refractivity contribution in [3.05, 3.63) is 23.9 Å². The zero-order valence-electron chi connectivity index (χ0n) is 20.7. The number of aromatic nitrogens is 1. The van der Waals surface area contributed by atoms with E-state index in [0.717, 1.165) is 12.1 Å². The lowest BCUT2D eigenvalue weighted by Crippen LogP contribution is -2.51. The summed E-state index contributed by atoms with van der Waals surface area (Å²) in [5.41, 5.74) is 2.07. The molecule has 5 nitrogen and oxygen atoms in total. The van der Waals surface area contributed by atoms with Crippen molar-refractivity contribution in [3.63, 3.8) is 0 Å². The minimum Gasteiger partial charge on any atom is -0.357 e. The Morgan fingerprint density at radius 2 is 1.52 bits per heavy atom. The molecule has 1 aromatic rings. The molecule has 0 radical (unpaired) electrons. The first-order valence-corrected chi connectivity index (χ1v) is 14.2. The molecule has 1 spiro atoms. The molecule has 5 fully saturated rings. The van der Waals surface area contributed by atoms with Crippen LogP contribution in [-0.2, 0) is 0 Å². The van der Waals surface area contributed by atoms with Gasteiger partial charge in [-0.3, -0.25) is 4.90 Å². The van der Waals surface area contributed by atoms with Gasteiger partial charge in [0.15, 0.2) is 0 Å². The summed E-state index contributed by atoms with van der Waals surface area (Å²) in [6.07, 6.45) is 18.8.